The summed E-state index contributed by atoms with van der Waals surface area (Å²) in [6, 6.07) is 3.87. The van der Waals surface area contributed by atoms with E-state index in [2.05, 4.69) is 30.8 Å². The van der Waals surface area contributed by atoms with Crippen molar-refractivity contribution in [2.24, 2.45) is 5.92 Å². The molecule has 0 saturated carbocycles. The van der Waals surface area contributed by atoms with Gasteiger partial charge < -0.3 is 10.0 Å². The number of pyridine rings is 1. The fraction of sp³-hybridized carbons (Fsp3) is 0.583. The third-order valence-corrected chi connectivity index (χ3v) is 2.28. The molecule has 0 aromatic carbocycles. The van der Waals surface area contributed by atoms with Crippen molar-refractivity contribution in [3.63, 3.8) is 0 Å². The SMILES string of the molecule is CC(C)CN(C)c1ccc([C@@H](C)O)nc1. The zero-order valence-corrected chi connectivity index (χ0v) is 9.94. The molecule has 0 aliphatic rings. The number of aromatic nitrogens is 1. The van der Waals surface area contributed by atoms with Crippen molar-refractivity contribution in [2.45, 2.75) is 26.9 Å². The van der Waals surface area contributed by atoms with Gasteiger partial charge in [0, 0.05) is 13.6 Å². The van der Waals surface area contributed by atoms with E-state index < -0.39 is 6.10 Å². The summed E-state index contributed by atoms with van der Waals surface area (Å²) in [5.74, 6) is 0.631. The quantitative estimate of drug-likeness (QED) is 0.824. The smallest absolute Gasteiger partial charge is 0.0931 e. The molecule has 84 valence electrons. The van der Waals surface area contributed by atoms with E-state index in [4.69, 9.17) is 0 Å². The van der Waals surface area contributed by atoms with Gasteiger partial charge in [-0.2, -0.15) is 0 Å². The molecule has 1 aromatic rings. The van der Waals surface area contributed by atoms with E-state index in [0.717, 1.165) is 17.9 Å². The van der Waals surface area contributed by atoms with Gasteiger partial charge in [0.2, 0.25) is 0 Å². The van der Waals surface area contributed by atoms with E-state index in [1.807, 2.05) is 18.3 Å². The Kier molecular flexibility index (Phi) is 4.09. The van der Waals surface area contributed by atoms with Crippen LogP contribution in [-0.4, -0.2) is 23.7 Å². The molecule has 0 bridgehead atoms. The topological polar surface area (TPSA) is 36.4 Å². The normalized spacial score (nSPS) is 12.9. The zero-order chi connectivity index (χ0) is 11.4. The molecule has 0 amide bonds. The summed E-state index contributed by atoms with van der Waals surface area (Å²) >= 11 is 0. The van der Waals surface area contributed by atoms with Crippen LogP contribution in [0.5, 0.6) is 0 Å². The van der Waals surface area contributed by atoms with E-state index in [9.17, 15) is 5.11 Å². The molecule has 1 N–H and O–H groups in total. The summed E-state index contributed by atoms with van der Waals surface area (Å²) in [6.45, 7) is 7.11. The highest BCUT2D eigenvalue weighted by Gasteiger charge is 2.05. The summed E-state index contributed by atoms with van der Waals surface area (Å²) in [6.07, 6.45) is 1.32. The maximum atomic E-state index is 9.32. The van der Waals surface area contributed by atoms with E-state index in [1.165, 1.54) is 0 Å². The number of aliphatic hydroxyl groups excluding tert-OH is 1. The van der Waals surface area contributed by atoms with Crippen LogP contribution in [0.2, 0.25) is 0 Å². The standard InChI is InChI=1S/C12H20N2O/c1-9(2)8-14(4)11-5-6-12(10(3)15)13-7-11/h5-7,9-10,15H,8H2,1-4H3/t10-/m1/s1. The Morgan fingerprint density at radius 3 is 2.40 bits per heavy atom. The van der Waals surface area contributed by atoms with Crippen molar-refractivity contribution in [2.75, 3.05) is 18.5 Å². The molecule has 0 aliphatic carbocycles. The summed E-state index contributed by atoms with van der Waals surface area (Å²) < 4.78 is 0. The first-order valence-corrected chi connectivity index (χ1v) is 5.36. The number of rotatable bonds is 4. The van der Waals surface area contributed by atoms with Crippen molar-refractivity contribution in [1.29, 1.82) is 0 Å². The molecule has 1 rings (SSSR count). The minimum absolute atomic E-state index is 0.491. The second-order valence-electron chi connectivity index (χ2n) is 4.39. The van der Waals surface area contributed by atoms with Gasteiger partial charge in [0.15, 0.2) is 0 Å². The number of aliphatic hydroxyl groups is 1. The Morgan fingerprint density at radius 2 is 2.00 bits per heavy atom. The van der Waals surface area contributed by atoms with Crippen molar-refractivity contribution in [3.05, 3.63) is 24.0 Å². The van der Waals surface area contributed by atoms with Crippen molar-refractivity contribution < 1.29 is 5.11 Å². The van der Waals surface area contributed by atoms with Gasteiger partial charge in [-0.15, -0.1) is 0 Å². The van der Waals surface area contributed by atoms with Crippen LogP contribution in [0, 0.1) is 5.92 Å². The van der Waals surface area contributed by atoms with Gasteiger partial charge in [-0.05, 0) is 25.0 Å². The lowest BCUT2D eigenvalue weighted by molar-refractivity contribution is 0.194. The monoisotopic (exact) mass is 208 g/mol. The highest BCUT2D eigenvalue weighted by molar-refractivity contribution is 5.43. The molecule has 0 unspecified atom stereocenters. The van der Waals surface area contributed by atoms with Crippen molar-refractivity contribution in [3.8, 4) is 0 Å². The zero-order valence-electron chi connectivity index (χ0n) is 9.94. The van der Waals surface area contributed by atoms with Crippen LogP contribution in [0.15, 0.2) is 18.3 Å². The highest BCUT2D eigenvalue weighted by atomic mass is 16.3. The molecule has 0 spiro atoms. The Bertz CT molecular complexity index is 293. The molecular weight excluding hydrogens is 188 g/mol. The molecule has 1 atom stereocenters. The van der Waals surface area contributed by atoms with Gasteiger partial charge in [-0.1, -0.05) is 13.8 Å². The molecule has 1 heterocycles. The first-order valence-electron chi connectivity index (χ1n) is 5.36. The van der Waals surface area contributed by atoms with Gasteiger partial charge in [0.05, 0.1) is 23.7 Å². The second-order valence-corrected chi connectivity index (χ2v) is 4.39. The fourth-order valence-corrected chi connectivity index (χ4v) is 1.52. The molecule has 0 saturated heterocycles. The lowest BCUT2D eigenvalue weighted by Crippen LogP contribution is -2.22. The maximum absolute atomic E-state index is 9.32. The second kappa shape index (κ2) is 5.12. The molecular formula is C12H20N2O. The first kappa shape index (κ1) is 12.0. The van der Waals surface area contributed by atoms with Crippen LogP contribution in [0.4, 0.5) is 5.69 Å². The number of hydrogen-bond acceptors (Lipinski definition) is 3. The summed E-state index contributed by atoms with van der Waals surface area (Å²) in [7, 11) is 2.05. The van der Waals surface area contributed by atoms with Crippen LogP contribution < -0.4 is 4.90 Å². The van der Waals surface area contributed by atoms with Gasteiger partial charge in [0.25, 0.3) is 0 Å². The van der Waals surface area contributed by atoms with E-state index >= 15 is 0 Å². The van der Waals surface area contributed by atoms with Crippen LogP contribution in [-0.2, 0) is 0 Å². The summed E-state index contributed by atoms with van der Waals surface area (Å²) in [4.78, 5) is 6.39. The first-order chi connectivity index (χ1) is 7.00. The maximum Gasteiger partial charge on any atom is 0.0931 e. The van der Waals surface area contributed by atoms with Gasteiger partial charge in [-0.3, -0.25) is 4.98 Å². The Hall–Kier alpha value is -1.09. The minimum Gasteiger partial charge on any atom is -0.387 e. The number of nitrogens with zero attached hydrogens (tertiary/aromatic N) is 2. The molecule has 0 radical (unpaired) electrons. The Balaban J connectivity index is 2.71. The fourth-order valence-electron chi connectivity index (χ4n) is 1.52. The van der Waals surface area contributed by atoms with Gasteiger partial charge in [-0.25, -0.2) is 0 Å². The lowest BCUT2D eigenvalue weighted by Gasteiger charge is -2.21. The Morgan fingerprint density at radius 1 is 1.33 bits per heavy atom. The highest BCUT2D eigenvalue weighted by Crippen LogP contribution is 2.15. The average molecular weight is 208 g/mol. The van der Waals surface area contributed by atoms with Crippen LogP contribution in [0.25, 0.3) is 0 Å². The Labute approximate surface area is 91.8 Å². The molecule has 0 aliphatic heterocycles. The predicted octanol–water partition coefficient (Wildman–Crippen LogP) is 2.23. The van der Waals surface area contributed by atoms with Crippen LogP contribution >= 0.6 is 0 Å². The third-order valence-electron chi connectivity index (χ3n) is 2.28. The van der Waals surface area contributed by atoms with Crippen LogP contribution in [0.3, 0.4) is 0 Å². The lowest BCUT2D eigenvalue weighted by atomic mass is 10.2. The molecule has 3 heteroatoms. The van der Waals surface area contributed by atoms with Gasteiger partial charge in [0.1, 0.15) is 0 Å². The molecule has 0 fully saturated rings. The van der Waals surface area contributed by atoms with Crippen LogP contribution in [0.1, 0.15) is 32.6 Å². The van der Waals surface area contributed by atoms with Gasteiger partial charge >= 0.3 is 0 Å². The minimum atomic E-state index is -0.491. The number of hydrogen-bond donors (Lipinski definition) is 1. The van der Waals surface area contributed by atoms with E-state index in [0.29, 0.717) is 5.92 Å². The van der Waals surface area contributed by atoms with Crippen molar-refractivity contribution >= 4 is 5.69 Å². The predicted molar refractivity (Wildman–Crippen MR) is 63.0 cm³/mol. The molecule has 3 nitrogen and oxygen atoms in total. The summed E-state index contributed by atoms with van der Waals surface area (Å²) in [5.41, 5.74) is 1.81. The third kappa shape index (κ3) is 3.51. The number of anilines is 1. The average Bonchev–Trinajstić information content (AvgIpc) is 2.17. The van der Waals surface area contributed by atoms with E-state index in [1.54, 1.807) is 6.92 Å². The largest absolute Gasteiger partial charge is 0.387 e. The molecule has 15 heavy (non-hydrogen) atoms. The van der Waals surface area contributed by atoms with Crippen molar-refractivity contribution in [1.82, 2.24) is 4.98 Å². The molecule has 1 aromatic heterocycles. The summed E-state index contributed by atoms with van der Waals surface area (Å²) in [5, 5.41) is 9.32. The van der Waals surface area contributed by atoms with E-state index in [-0.39, 0.29) is 0 Å².